The summed E-state index contributed by atoms with van der Waals surface area (Å²) in [5, 5.41) is 3.62. The van der Waals surface area contributed by atoms with Crippen LogP contribution >= 0.6 is 11.8 Å². The minimum absolute atomic E-state index is 0.256. The van der Waals surface area contributed by atoms with Crippen molar-refractivity contribution in [1.29, 1.82) is 0 Å². The second-order valence-corrected chi connectivity index (χ2v) is 10.4. The molecule has 0 aliphatic heterocycles. The number of rotatable bonds is 10. The third-order valence-corrected chi connectivity index (χ3v) is 7.53. The van der Waals surface area contributed by atoms with Crippen molar-refractivity contribution >= 4 is 33.4 Å². The fourth-order valence-electron chi connectivity index (χ4n) is 3.54. The molecule has 8 heteroatoms. The van der Waals surface area contributed by atoms with Crippen molar-refractivity contribution in [3.63, 3.8) is 0 Å². The molecule has 0 spiro atoms. The Morgan fingerprint density at radius 1 is 1.25 bits per heavy atom. The second-order valence-electron chi connectivity index (χ2n) is 7.10. The SMILES string of the molecule is CC[C@@H](C(=O)NCCSC1CCCCC1)N(c1ccc(OC)cc1)S(C)(=O)=O. The van der Waals surface area contributed by atoms with Crippen LogP contribution in [0.2, 0.25) is 0 Å². The average molecular weight is 429 g/mol. The van der Waals surface area contributed by atoms with E-state index in [0.717, 1.165) is 12.0 Å². The number of hydrogen-bond donors (Lipinski definition) is 1. The highest BCUT2D eigenvalue weighted by Gasteiger charge is 2.31. The second kappa shape index (κ2) is 11.0. The first-order chi connectivity index (χ1) is 13.4. The average Bonchev–Trinajstić information content (AvgIpc) is 2.69. The minimum atomic E-state index is -3.62. The van der Waals surface area contributed by atoms with Crippen LogP contribution in [0.1, 0.15) is 45.4 Å². The molecule has 1 aromatic rings. The van der Waals surface area contributed by atoms with Gasteiger partial charge in [-0.15, -0.1) is 0 Å². The van der Waals surface area contributed by atoms with Gasteiger partial charge in [0.2, 0.25) is 15.9 Å². The third-order valence-electron chi connectivity index (χ3n) is 4.96. The van der Waals surface area contributed by atoms with E-state index in [2.05, 4.69) is 5.32 Å². The molecule has 28 heavy (non-hydrogen) atoms. The standard InChI is InChI=1S/C20H32N2O4S2/c1-4-19(20(23)21-14-15-27-18-8-6-5-7-9-18)22(28(3,24)25)16-10-12-17(26-2)13-11-16/h10-13,18-19H,4-9,14-15H2,1-3H3,(H,21,23)/t19-/m0/s1. The van der Waals surface area contributed by atoms with E-state index in [4.69, 9.17) is 4.74 Å². The zero-order valence-corrected chi connectivity index (χ0v) is 18.7. The van der Waals surface area contributed by atoms with Crippen molar-refractivity contribution in [3.05, 3.63) is 24.3 Å². The normalized spacial score (nSPS) is 16.4. The molecule has 1 atom stereocenters. The van der Waals surface area contributed by atoms with Crippen LogP contribution in [0.3, 0.4) is 0 Å². The Hall–Kier alpha value is -1.41. The zero-order chi connectivity index (χ0) is 20.6. The number of benzene rings is 1. The van der Waals surface area contributed by atoms with Crippen LogP contribution in [0.15, 0.2) is 24.3 Å². The molecular formula is C20H32N2O4S2. The van der Waals surface area contributed by atoms with Crippen molar-refractivity contribution in [3.8, 4) is 5.75 Å². The first kappa shape index (κ1) is 22.9. The molecule has 2 rings (SSSR count). The molecule has 6 nitrogen and oxygen atoms in total. The predicted molar refractivity (Wildman–Crippen MR) is 117 cm³/mol. The number of thioether (sulfide) groups is 1. The van der Waals surface area contributed by atoms with Crippen LogP contribution < -0.4 is 14.4 Å². The Bertz CT molecular complexity index is 716. The molecule has 0 saturated heterocycles. The van der Waals surface area contributed by atoms with Crippen LogP contribution in [0.5, 0.6) is 5.75 Å². The first-order valence-corrected chi connectivity index (χ1v) is 12.8. The highest BCUT2D eigenvalue weighted by Crippen LogP contribution is 2.28. The van der Waals surface area contributed by atoms with Crippen molar-refractivity contribution in [2.75, 3.05) is 30.0 Å². The first-order valence-electron chi connectivity index (χ1n) is 9.89. The van der Waals surface area contributed by atoms with Gasteiger partial charge >= 0.3 is 0 Å². The maximum absolute atomic E-state index is 12.8. The number of amides is 1. The highest BCUT2D eigenvalue weighted by molar-refractivity contribution is 7.99. The van der Waals surface area contributed by atoms with Gasteiger partial charge in [-0.05, 0) is 43.5 Å². The molecule has 1 saturated carbocycles. The summed E-state index contributed by atoms with van der Waals surface area (Å²) in [7, 11) is -2.06. The van der Waals surface area contributed by atoms with E-state index in [-0.39, 0.29) is 5.91 Å². The maximum Gasteiger partial charge on any atom is 0.243 e. The number of carbonyl (C=O) groups is 1. The fraction of sp³-hybridized carbons (Fsp3) is 0.650. The molecule has 0 unspecified atom stereocenters. The zero-order valence-electron chi connectivity index (χ0n) is 17.0. The number of nitrogens with one attached hydrogen (secondary N) is 1. The van der Waals surface area contributed by atoms with E-state index < -0.39 is 16.1 Å². The van der Waals surface area contributed by atoms with Crippen LogP contribution in [-0.4, -0.2) is 51.3 Å². The van der Waals surface area contributed by atoms with Crippen molar-refractivity contribution in [2.45, 2.75) is 56.7 Å². The van der Waals surface area contributed by atoms with E-state index >= 15 is 0 Å². The third kappa shape index (κ3) is 6.58. The van der Waals surface area contributed by atoms with Crippen LogP contribution in [0.4, 0.5) is 5.69 Å². The summed E-state index contributed by atoms with van der Waals surface area (Å²) < 4.78 is 31.2. The molecule has 0 bridgehead atoms. The summed E-state index contributed by atoms with van der Waals surface area (Å²) in [6.45, 7) is 2.37. The quantitative estimate of drug-likeness (QED) is 0.578. The lowest BCUT2D eigenvalue weighted by molar-refractivity contribution is -0.122. The molecular weight excluding hydrogens is 396 g/mol. The van der Waals surface area contributed by atoms with E-state index in [1.807, 2.05) is 18.7 Å². The number of anilines is 1. The smallest absolute Gasteiger partial charge is 0.243 e. The lowest BCUT2D eigenvalue weighted by Crippen LogP contribution is -2.49. The van der Waals surface area contributed by atoms with Crippen molar-refractivity contribution in [2.24, 2.45) is 0 Å². The highest BCUT2D eigenvalue weighted by atomic mass is 32.2. The van der Waals surface area contributed by atoms with Gasteiger partial charge < -0.3 is 10.1 Å². The number of hydrogen-bond acceptors (Lipinski definition) is 5. The van der Waals surface area contributed by atoms with Crippen molar-refractivity contribution < 1.29 is 17.9 Å². The van der Waals surface area contributed by atoms with Gasteiger partial charge in [0.05, 0.1) is 19.1 Å². The lowest BCUT2D eigenvalue weighted by atomic mass is 10.0. The van der Waals surface area contributed by atoms with Gasteiger partial charge in [-0.2, -0.15) is 11.8 Å². The van der Waals surface area contributed by atoms with E-state index in [9.17, 15) is 13.2 Å². The van der Waals surface area contributed by atoms with Gasteiger partial charge in [0.1, 0.15) is 11.8 Å². The molecule has 1 N–H and O–H groups in total. The summed E-state index contributed by atoms with van der Waals surface area (Å²) in [5.74, 6) is 1.23. The van der Waals surface area contributed by atoms with E-state index in [0.29, 0.717) is 29.7 Å². The van der Waals surface area contributed by atoms with Gasteiger partial charge in [0.15, 0.2) is 0 Å². The summed E-state index contributed by atoms with van der Waals surface area (Å²) >= 11 is 1.91. The molecule has 1 fully saturated rings. The molecule has 1 aliphatic rings. The Labute approximate surface area is 173 Å². The van der Waals surface area contributed by atoms with E-state index in [1.54, 1.807) is 31.4 Å². The summed E-state index contributed by atoms with van der Waals surface area (Å²) in [6, 6.07) is 5.93. The fourth-order valence-corrected chi connectivity index (χ4v) is 5.97. The summed E-state index contributed by atoms with van der Waals surface area (Å²) in [4.78, 5) is 12.8. The molecule has 0 heterocycles. The maximum atomic E-state index is 12.8. The number of methoxy groups -OCH3 is 1. The monoisotopic (exact) mass is 428 g/mol. The number of nitrogens with zero attached hydrogens (tertiary/aromatic N) is 1. The summed E-state index contributed by atoms with van der Waals surface area (Å²) in [6.07, 6.45) is 7.97. The topological polar surface area (TPSA) is 75.7 Å². The molecule has 1 aliphatic carbocycles. The number of ether oxygens (including phenoxy) is 1. The van der Waals surface area contributed by atoms with E-state index in [1.165, 1.54) is 36.4 Å². The molecule has 0 aromatic heterocycles. The van der Waals surface area contributed by atoms with Gasteiger partial charge in [-0.25, -0.2) is 8.42 Å². The Morgan fingerprint density at radius 2 is 1.89 bits per heavy atom. The molecule has 158 valence electrons. The van der Waals surface area contributed by atoms with Gasteiger partial charge in [0.25, 0.3) is 0 Å². The Morgan fingerprint density at radius 3 is 2.43 bits per heavy atom. The number of sulfonamides is 1. The lowest BCUT2D eigenvalue weighted by Gasteiger charge is -2.30. The van der Waals surface area contributed by atoms with Crippen LogP contribution in [-0.2, 0) is 14.8 Å². The predicted octanol–water partition coefficient (Wildman–Crippen LogP) is 3.42. The largest absolute Gasteiger partial charge is 0.497 e. The van der Waals surface area contributed by atoms with Gasteiger partial charge in [0, 0.05) is 17.5 Å². The van der Waals surface area contributed by atoms with Gasteiger partial charge in [-0.3, -0.25) is 9.10 Å². The summed E-state index contributed by atoms with van der Waals surface area (Å²) in [5.41, 5.74) is 0.460. The Kier molecular flexibility index (Phi) is 8.95. The molecule has 1 amide bonds. The number of carbonyl (C=O) groups excluding carboxylic acids is 1. The Balaban J connectivity index is 2.00. The van der Waals surface area contributed by atoms with Crippen molar-refractivity contribution in [1.82, 2.24) is 5.32 Å². The van der Waals surface area contributed by atoms with Crippen LogP contribution in [0.25, 0.3) is 0 Å². The molecule has 1 aromatic carbocycles. The molecule has 0 radical (unpaired) electrons. The van der Waals surface area contributed by atoms with Crippen LogP contribution in [0, 0.1) is 0 Å². The van der Waals surface area contributed by atoms with Gasteiger partial charge in [-0.1, -0.05) is 26.2 Å². The minimum Gasteiger partial charge on any atom is -0.497 e.